The first-order chi connectivity index (χ1) is 13.5. The Labute approximate surface area is 163 Å². The second-order valence-corrected chi connectivity index (χ2v) is 9.36. The van der Waals surface area contributed by atoms with E-state index in [2.05, 4.69) is 21.1 Å². The summed E-state index contributed by atoms with van der Waals surface area (Å²) in [6, 6.07) is 6.09. The number of nitrogens with zero attached hydrogens (tertiary/aromatic N) is 5. The Hall–Kier alpha value is -2.70. The standard InChI is InChI=1S/C19H22N6O2S/c1-2-3-10-28(26,27)24-13-19(14-24,6-7-20)25-12-15(11-23-25)16-4-8-21-18-17(16)5-9-22-18/h4-5,8-9,11-12H,2-3,6,10,13-14H2,1H3,(H,21,22). The third-order valence-corrected chi connectivity index (χ3v) is 7.19. The minimum absolute atomic E-state index is 0.152. The van der Waals surface area contributed by atoms with Crippen LogP contribution < -0.4 is 0 Å². The van der Waals surface area contributed by atoms with Gasteiger partial charge in [-0.3, -0.25) is 4.68 Å². The Morgan fingerprint density at radius 1 is 1.36 bits per heavy atom. The summed E-state index contributed by atoms with van der Waals surface area (Å²) in [5, 5.41) is 14.8. The van der Waals surface area contributed by atoms with E-state index in [9.17, 15) is 13.7 Å². The number of nitrogens with one attached hydrogen (secondary N) is 1. The lowest BCUT2D eigenvalue weighted by molar-refractivity contribution is 0.0717. The molecule has 0 spiro atoms. The number of hydrogen-bond donors (Lipinski definition) is 1. The van der Waals surface area contributed by atoms with E-state index in [-0.39, 0.29) is 25.3 Å². The molecule has 4 rings (SSSR count). The number of sulfonamides is 1. The summed E-state index contributed by atoms with van der Waals surface area (Å²) in [5.74, 6) is 0.152. The molecule has 1 fully saturated rings. The summed E-state index contributed by atoms with van der Waals surface area (Å²) in [7, 11) is -3.28. The van der Waals surface area contributed by atoms with E-state index >= 15 is 0 Å². The van der Waals surface area contributed by atoms with Crippen LogP contribution >= 0.6 is 0 Å². The summed E-state index contributed by atoms with van der Waals surface area (Å²) in [6.07, 6.45) is 8.92. The predicted molar refractivity (Wildman–Crippen MR) is 106 cm³/mol. The molecule has 1 aliphatic heterocycles. The van der Waals surface area contributed by atoms with Gasteiger partial charge in [0.05, 0.1) is 24.4 Å². The van der Waals surface area contributed by atoms with Crippen LogP contribution in [-0.4, -0.2) is 51.3 Å². The largest absolute Gasteiger partial charge is 0.346 e. The van der Waals surface area contributed by atoms with Crippen LogP contribution in [0, 0.1) is 11.3 Å². The molecular weight excluding hydrogens is 376 g/mol. The van der Waals surface area contributed by atoms with Crippen LogP contribution in [0.4, 0.5) is 0 Å². The maximum Gasteiger partial charge on any atom is 0.214 e. The van der Waals surface area contributed by atoms with Crippen LogP contribution in [-0.2, 0) is 15.6 Å². The van der Waals surface area contributed by atoms with Crippen molar-refractivity contribution in [2.45, 2.75) is 31.7 Å². The Bertz CT molecular complexity index is 1130. The van der Waals surface area contributed by atoms with Gasteiger partial charge in [0.1, 0.15) is 11.2 Å². The molecular formula is C19H22N6O2S. The van der Waals surface area contributed by atoms with Gasteiger partial charge >= 0.3 is 0 Å². The number of aromatic amines is 1. The molecule has 0 aliphatic carbocycles. The summed E-state index contributed by atoms with van der Waals surface area (Å²) in [6.45, 7) is 2.53. The molecule has 9 heteroatoms. The predicted octanol–water partition coefficient (Wildman–Crippen LogP) is 2.48. The highest BCUT2D eigenvalue weighted by molar-refractivity contribution is 7.89. The lowest BCUT2D eigenvalue weighted by Crippen LogP contribution is -2.64. The molecule has 1 aliphatic rings. The molecule has 0 bridgehead atoms. The van der Waals surface area contributed by atoms with Crippen molar-refractivity contribution in [2.24, 2.45) is 0 Å². The molecule has 28 heavy (non-hydrogen) atoms. The number of aromatic nitrogens is 4. The van der Waals surface area contributed by atoms with Crippen LogP contribution in [0.3, 0.4) is 0 Å². The SMILES string of the molecule is CCCCS(=O)(=O)N1CC(CC#N)(n2cc(-c3ccnc4[nH]ccc34)cn2)C1. The molecule has 0 aromatic carbocycles. The smallest absolute Gasteiger partial charge is 0.214 e. The topological polar surface area (TPSA) is 108 Å². The van der Waals surface area contributed by atoms with Crippen molar-refractivity contribution in [3.63, 3.8) is 0 Å². The van der Waals surface area contributed by atoms with Crippen molar-refractivity contribution in [2.75, 3.05) is 18.8 Å². The molecule has 0 saturated carbocycles. The minimum Gasteiger partial charge on any atom is -0.346 e. The Morgan fingerprint density at radius 2 is 2.18 bits per heavy atom. The first-order valence-electron chi connectivity index (χ1n) is 9.31. The molecule has 1 saturated heterocycles. The fourth-order valence-corrected chi connectivity index (χ4v) is 5.47. The van der Waals surface area contributed by atoms with E-state index in [1.54, 1.807) is 17.1 Å². The first-order valence-corrected chi connectivity index (χ1v) is 10.9. The Balaban J connectivity index is 1.61. The van der Waals surface area contributed by atoms with Crippen LogP contribution in [0.2, 0.25) is 0 Å². The number of fused-ring (bicyclic) bond motifs is 1. The van der Waals surface area contributed by atoms with Gasteiger partial charge in [0.15, 0.2) is 0 Å². The normalized spacial score (nSPS) is 16.7. The fraction of sp³-hybridized carbons (Fsp3) is 0.421. The van der Waals surface area contributed by atoms with Crippen LogP contribution in [0.1, 0.15) is 26.2 Å². The van der Waals surface area contributed by atoms with Gasteiger partial charge in [-0.1, -0.05) is 13.3 Å². The molecule has 1 N–H and O–H groups in total. The Morgan fingerprint density at radius 3 is 2.93 bits per heavy atom. The molecule has 0 atom stereocenters. The van der Waals surface area contributed by atoms with Crippen molar-refractivity contribution in [1.29, 1.82) is 5.26 Å². The number of H-pyrrole nitrogens is 1. The van der Waals surface area contributed by atoms with Crippen LogP contribution in [0.5, 0.6) is 0 Å². The van der Waals surface area contributed by atoms with Gasteiger partial charge in [-0.15, -0.1) is 0 Å². The van der Waals surface area contributed by atoms with Crippen molar-refractivity contribution in [1.82, 2.24) is 24.1 Å². The number of unbranched alkanes of at least 4 members (excludes halogenated alkanes) is 1. The highest BCUT2D eigenvalue weighted by Gasteiger charge is 2.49. The lowest BCUT2D eigenvalue weighted by atomic mass is 9.89. The van der Waals surface area contributed by atoms with Crippen LogP contribution in [0.25, 0.3) is 22.2 Å². The monoisotopic (exact) mass is 398 g/mol. The van der Waals surface area contributed by atoms with Gasteiger partial charge < -0.3 is 4.98 Å². The van der Waals surface area contributed by atoms with Crippen molar-refractivity contribution < 1.29 is 8.42 Å². The average molecular weight is 398 g/mol. The molecule has 4 heterocycles. The third kappa shape index (κ3) is 3.08. The molecule has 8 nitrogen and oxygen atoms in total. The number of pyridine rings is 1. The van der Waals surface area contributed by atoms with E-state index in [1.807, 2.05) is 31.5 Å². The van der Waals surface area contributed by atoms with Gasteiger partial charge in [0, 0.05) is 42.6 Å². The first kappa shape index (κ1) is 18.7. The minimum atomic E-state index is -3.28. The van der Waals surface area contributed by atoms with Crippen molar-refractivity contribution in [3.05, 3.63) is 36.9 Å². The highest BCUT2D eigenvalue weighted by Crippen LogP contribution is 2.36. The zero-order valence-corrected chi connectivity index (χ0v) is 16.5. The Kier molecular flexibility index (Phi) is 4.69. The van der Waals surface area contributed by atoms with Crippen molar-refractivity contribution >= 4 is 21.1 Å². The lowest BCUT2D eigenvalue weighted by Gasteiger charge is -2.47. The number of nitriles is 1. The summed E-state index contributed by atoms with van der Waals surface area (Å²) in [4.78, 5) is 7.40. The molecule has 0 radical (unpaired) electrons. The number of hydrogen-bond acceptors (Lipinski definition) is 5. The van der Waals surface area contributed by atoms with E-state index in [0.29, 0.717) is 6.42 Å². The second-order valence-electron chi connectivity index (χ2n) is 7.27. The molecule has 3 aromatic heterocycles. The fourth-order valence-electron chi connectivity index (χ4n) is 3.68. The zero-order valence-electron chi connectivity index (χ0n) is 15.7. The van der Waals surface area contributed by atoms with Gasteiger partial charge in [-0.2, -0.15) is 14.7 Å². The maximum atomic E-state index is 12.4. The summed E-state index contributed by atoms with van der Waals surface area (Å²) >= 11 is 0. The number of rotatable bonds is 7. The summed E-state index contributed by atoms with van der Waals surface area (Å²) < 4.78 is 28.1. The summed E-state index contributed by atoms with van der Waals surface area (Å²) in [5.41, 5.74) is 2.10. The van der Waals surface area contributed by atoms with Gasteiger partial charge in [-0.05, 0) is 24.1 Å². The van der Waals surface area contributed by atoms with Gasteiger partial charge in [0.2, 0.25) is 10.0 Å². The van der Waals surface area contributed by atoms with Gasteiger partial charge in [0.25, 0.3) is 0 Å². The molecule has 0 unspecified atom stereocenters. The van der Waals surface area contributed by atoms with Crippen LogP contribution in [0.15, 0.2) is 36.9 Å². The second kappa shape index (κ2) is 7.04. The molecule has 0 amide bonds. The maximum absolute atomic E-state index is 12.4. The van der Waals surface area contributed by atoms with E-state index < -0.39 is 15.6 Å². The van der Waals surface area contributed by atoms with E-state index in [0.717, 1.165) is 28.6 Å². The van der Waals surface area contributed by atoms with E-state index in [1.165, 1.54) is 4.31 Å². The van der Waals surface area contributed by atoms with Crippen molar-refractivity contribution in [3.8, 4) is 17.2 Å². The highest BCUT2D eigenvalue weighted by atomic mass is 32.2. The molecule has 3 aromatic rings. The third-order valence-electron chi connectivity index (χ3n) is 5.34. The average Bonchev–Trinajstić information content (AvgIpc) is 3.31. The van der Waals surface area contributed by atoms with Gasteiger partial charge in [-0.25, -0.2) is 13.4 Å². The quantitative estimate of drug-likeness (QED) is 0.658. The zero-order chi connectivity index (χ0) is 19.8. The van der Waals surface area contributed by atoms with E-state index in [4.69, 9.17) is 0 Å². The molecule has 146 valence electrons.